The zero-order valence-corrected chi connectivity index (χ0v) is 15.5. The molecule has 0 unspecified atom stereocenters. The molecule has 2 rings (SSSR count). The van der Waals surface area contributed by atoms with Crippen molar-refractivity contribution < 1.29 is 18.0 Å². The Morgan fingerprint density at radius 2 is 1.61 bits per heavy atom. The number of nitrogens with zero attached hydrogens (tertiary/aromatic N) is 1. The third-order valence-electron chi connectivity index (χ3n) is 3.91. The van der Waals surface area contributed by atoms with Gasteiger partial charge in [0.1, 0.15) is 0 Å². The molecule has 0 aliphatic rings. The zero-order chi connectivity index (χ0) is 20.4. The number of benzene rings is 2. The molecule has 0 saturated heterocycles. The highest BCUT2D eigenvalue weighted by Crippen LogP contribution is 2.29. The smallest absolute Gasteiger partial charge is 0.356 e. The highest BCUT2D eigenvalue weighted by atomic mass is 19.4. The van der Waals surface area contributed by atoms with Crippen LogP contribution in [-0.2, 0) is 24.1 Å². The Hall–Kier alpha value is -3.03. The Morgan fingerprint density at radius 1 is 0.929 bits per heavy atom. The van der Waals surface area contributed by atoms with Crippen LogP contribution in [0.15, 0.2) is 59.6 Å². The van der Waals surface area contributed by atoms with Gasteiger partial charge < -0.3 is 16.0 Å². The van der Waals surface area contributed by atoms with E-state index in [4.69, 9.17) is 0 Å². The first-order chi connectivity index (χ1) is 13.4. The third-order valence-corrected chi connectivity index (χ3v) is 3.91. The van der Waals surface area contributed by atoms with E-state index >= 15 is 0 Å². The molecule has 0 aromatic heterocycles. The van der Waals surface area contributed by atoms with E-state index in [0.29, 0.717) is 24.6 Å². The van der Waals surface area contributed by atoms with Crippen LogP contribution in [-0.4, -0.2) is 25.5 Å². The minimum atomic E-state index is -4.37. The second-order valence-corrected chi connectivity index (χ2v) is 6.06. The molecule has 0 bridgehead atoms. The first-order valence-corrected chi connectivity index (χ1v) is 8.80. The van der Waals surface area contributed by atoms with Crippen molar-refractivity contribution in [1.82, 2.24) is 16.0 Å². The van der Waals surface area contributed by atoms with Crippen molar-refractivity contribution in [3.63, 3.8) is 0 Å². The molecule has 8 heteroatoms. The molecule has 2 aromatic carbocycles. The predicted octanol–water partition coefficient (Wildman–Crippen LogP) is 3.08. The molecule has 2 aromatic rings. The topological polar surface area (TPSA) is 65.5 Å². The monoisotopic (exact) mass is 392 g/mol. The van der Waals surface area contributed by atoms with Gasteiger partial charge in [0.05, 0.1) is 5.56 Å². The second kappa shape index (κ2) is 10.3. The molecular formula is C20H23F3N4O. The van der Waals surface area contributed by atoms with Crippen LogP contribution in [0.25, 0.3) is 0 Å². The molecule has 0 radical (unpaired) electrons. The summed E-state index contributed by atoms with van der Waals surface area (Å²) in [5.41, 5.74) is 0.811. The SMILES string of the molecule is CN=C(NCCC(=O)NCc1ccccc1)NCc1cccc(C(F)(F)F)c1. The van der Waals surface area contributed by atoms with Crippen molar-refractivity contribution in [3.05, 3.63) is 71.3 Å². The van der Waals surface area contributed by atoms with Gasteiger partial charge in [0.15, 0.2) is 5.96 Å². The Labute approximate surface area is 162 Å². The minimum absolute atomic E-state index is 0.107. The molecule has 5 nitrogen and oxygen atoms in total. The molecule has 0 aliphatic carbocycles. The van der Waals surface area contributed by atoms with Crippen LogP contribution in [0.1, 0.15) is 23.1 Å². The summed E-state index contributed by atoms with van der Waals surface area (Å²) in [5, 5.41) is 8.73. The number of hydrogen-bond acceptors (Lipinski definition) is 2. The van der Waals surface area contributed by atoms with Gasteiger partial charge in [-0.2, -0.15) is 13.2 Å². The van der Waals surface area contributed by atoms with Gasteiger partial charge in [-0.05, 0) is 23.3 Å². The molecule has 0 aliphatic heterocycles. The van der Waals surface area contributed by atoms with Gasteiger partial charge in [-0.25, -0.2) is 0 Å². The van der Waals surface area contributed by atoms with Crippen molar-refractivity contribution in [2.45, 2.75) is 25.7 Å². The van der Waals surface area contributed by atoms with Gasteiger partial charge in [0.2, 0.25) is 5.91 Å². The largest absolute Gasteiger partial charge is 0.416 e. The van der Waals surface area contributed by atoms with Crippen molar-refractivity contribution in [1.29, 1.82) is 0 Å². The summed E-state index contributed by atoms with van der Waals surface area (Å²) in [6.07, 6.45) is -4.12. The van der Waals surface area contributed by atoms with Gasteiger partial charge in [0, 0.05) is 33.1 Å². The normalized spacial score (nSPS) is 11.8. The molecule has 0 saturated carbocycles. The molecular weight excluding hydrogens is 369 g/mol. The first kappa shape index (κ1) is 21.3. The molecule has 0 atom stereocenters. The maximum absolute atomic E-state index is 12.8. The van der Waals surface area contributed by atoms with E-state index in [1.54, 1.807) is 13.1 Å². The highest BCUT2D eigenvalue weighted by Gasteiger charge is 2.30. The van der Waals surface area contributed by atoms with Gasteiger partial charge in [-0.3, -0.25) is 9.79 Å². The molecule has 0 fully saturated rings. The summed E-state index contributed by atoms with van der Waals surface area (Å²) in [6, 6.07) is 14.7. The number of hydrogen-bond donors (Lipinski definition) is 3. The summed E-state index contributed by atoms with van der Waals surface area (Å²) >= 11 is 0. The zero-order valence-electron chi connectivity index (χ0n) is 15.5. The number of guanidine groups is 1. The van der Waals surface area contributed by atoms with Crippen LogP contribution in [0.2, 0.25) is 0 Å². The summed E-state index contributed by atoms with van der Waals surface area (Å²) in [5.74, 6) is 0.304. The van der Waals surface area contributed by atoms with E-state index in [0.717, 1.165) is 17.7 Å². The quantitative estimate of drug-likeness (QED) is 0.501. The number of carbonyl (C=O) groups is 1. The van der Waals surface area contributed by atoms with E-state index in [1.807, 2.05) is 30.3 Å². The number of rotatable bonds is 7. The van der Waals surface area contributed by atoms with Gasteiger partial charge in [-0.15, -0.1) is 0 Å². The predicted molar refractivity (Wildman–Crippen MR) is 103 cm³/mol. The lowest BCUT2D eigenvalue weighted by Crippen LogP contribution is -2.38. The standard InChI is InChI=1S/C20H23F3N4O/c1-24-19(27-14-16-8-5-9-17(12-16)20(21,22)23)25-11-10-18(28)26-13-15-6-3-2-4-7-15/h2-9,12H,10-11,13-14H2,1H3,(H,26,28)(H2,24,25,27). The van der Waals surface area contributed by atoms with Crippen molar-refractivity contribution >= 4 is 11.9 Å². The van der Waals surface area contributed by atoms with Gasteiger partial charge >= 0.3 is 6.18 Å². The number of halogens is 3. The average molecular weight is 392 g/mol. The van der Waals surface area contributed by atoms with Crippen molar-refractivity contribution in [2.24, 2.45) is 4.99 Å². The van der Waals surface area contributed by atoms with E-state index in [1.165, 1.54) is 6.07 Å². The fourth-order valence-corrected chi connectivity index (χ4v) is 2.44. The average Bonchev–Trinajstić information content (AvgIpc) is 2.69. The number of alkyl halides is 3. The van der Waals surface area contributed by atoms with Gasteiger partial charge in [0.25, 0.3) is 0 Å². The lowest BCUT2D eigenvalue weighted by atomic mass is 10.1. The van der Waals surface area contributed by atoms with E-state index < -0.39 is 11.7 Å². The van der Waals surface area contributed by atoms with Crippen LogP contribution in [0.4, 0.5) is 13.2 Å². The van der Waals surface area contributed by atoms with Crippen LogP contribution >= 0.6 is 0 Å². The Bertz CT molecular complexity index is 792. The van der Waals surface area contributed by atoms with Crippen LogP contribution < -0.4 is 16.0 Å². The van der Waals surface area contributed by atoms with E-state index in [-0.39, 0.29) is 18.9 Å². The van der Waals surface area contributed by atoms with Crippen LogP contribution in [0.3, 0.4) is 0 Å². The number of nitrogens with one attached hydrogen (secondary N) is 3. The first-order valence-electron chi connectivity index (χ1n) is 8.80. The lowest BCUT2D eigenvalue weighted by Gasteiger charge is -2.13. The molecule has 150 valence electrons. The molecule has 3 N–H and O–H groups in total. The Balaban J connectivity index is 1.72. The maximum atomic E-state index is 12.8. The summed E-state index contributed by atoms with van der Waals surface area (Å²) in [7, 11) is 1.55. The Kier molecular flexibility index (Phi) is 7.86. The third kappa shape index (κ3) is 7.30. The Morgan fingerprint density at radius 3 is 2.29 bits per heavy atom. The summed E-state index contributed by atoms with van der Waals surface area (Å²) < 4.78 is 38.3. The number of aliphatic imine (C=N–C) groups is 1. The van der Waals surface area contributed by atoms with E-state index in [9.17, 15) is 18.0 Å². The fourth-order valence-electron chi connectivity index (χ4n) is 2.44. The van der Waals surface area contributed by atoms with Crippen LogP contribution in [0, 0.1) is 0 Å². The summed E-state index contributed by atoms with van der Waals surface area (Å²) in [4.78, 5) is 15.9. The van der Waals surface area contributed by atoms with Crippen LogP contribution in [0.5, 0.6) is 0 Å². The maximum Gasteiger partial charge on any atom is 0.416 e. The van der Waals surface area contributed by atoms with Crippen molar-refractivity contribution in [2.75, 3.05) is 13.6 Å². The minimum Gasteiger partial charge on any atom is -0.356 e. The van der Waals surface area contributed by atoms with E-state index in [2.05, 4.69) is 20.9 Å². The molecule has 28 heavy (non-hydrogen) atoms. The summed E-state index contributed by atoms with van der Waals surface area (Å²) in [6.45, 7) is 0.995. The lowest BCUT2D eigenvalue weighted by molar-refractivity contribution is -0.137. The highest BCUT2D eigenvalue weighted by molar-refractivity contribution is 5.81. The number of carbonyl (C=O) groups excluding carboxylic acids is 1. The second-order valence-electron chi connectivity index (χ2n) is 6.06. The van der Waals surface area contributed by atoms with Crippen molar-refractivity contribution in [3.8, 4) is 0 Å². The van der Waals surface area contributed by atoms with Gasteiger partial charge in [-0.1, -0.05) is 42.5 Å². The molecule has 0 spiro atoms. The fraction of sp³-hybridized carbons (Fsp3) is 0.300. The molecule has 1 amide bonds. The molecule has 0 heterocycles. The number of amides is 1.